The average Bonchev–Trinajstić information content (AvgIpc) is 3.24. The maximum absolute atomic E-state index is 13.5. The summed E-state index contributed by atoms with van der Waals surface area (Å²) in [5.74, 6) is 0.0766. The number of rotatable bonds is 4. The molecule has 0 aliphatic heterocycles. The summed E-state index contributed by atoms with van der Waals surface area (Å²) < 4.78 is 13.5. The normalized spacial score (nSPS) is 10.9. The largest absolute Gasteiger partial charge is 0.338 e. The SMILES string of the molecule is O=C(Nc1ccc(Cl)c(-c2nc3ccccc3[nH]2)c1)c1ccc(-c2cccc(F)c2)cc1. The molecule has 0 unspecified atom stereocenters. The van der Waals surface area contributed by atoms with Crippen molar-refractivity contribution in [3.8, 4) is 22.5 Å². The number of para-hydroxylation sites is 2. The molecule has 0 saturated carbocycles. The van der Waals surface area contributed by atoms with Crippen molar-refractivity contribution in [1.29, 1.82) is 0 Å². The van der Waals surface area contributed by atoms with E-state index in [4.69, 9.17) is 11.6 Å². The van der Waals surface area contributed by atoms with Crippen LogP contribution in [0.15, 0.2) is 91.0 Å². The molecule has 0 fully saturated rings. The number of anilines is 1. The van der Waals surface area contributed by atoms with Crippen LogP contribution in [0.1, 0.15) is 10.4 Å². The van der Waals surface area contributed by atoms with Crippen LogP contribution in [0.5, 0.6) is 0 Å². The molecule has 1 amide bonds. The molecule has 0 saturated heterocycles. The zero-order valence-electron chi connectivity index (χ0n) is 16.8. The van der Waals surface area contributed by atoms with Crippen molar-refractivity contribution in [3.63, 3.8) is 0 Å². The van der Waals surface area contributed by atoms with E-state index in [1.807, 2.05) is 30.3 Å². The number of nitrogens with one attached hydrogen (secondary N) is 2. The number of carbonyl (C=O) groups excluding carboxylic acids is 1. The van der Waals surface area contributed by atoms with E-state index in [0.29, 0.717) is 27.7 Å². The van der Waals surface area contributed by atoms with E-state index in [1.165, 1.54) is 12.1 Å². The number of fused-ring (bicyclic) bond motifs is 1. The lowest BCUT2D eigenvalue weighted by Gasteiger charge is -2.09. The fraction of sp³-hybridized carbons (Fsp3) is 0. The fourth-order valence-electron chi connectivity index (χ4n) is 3.55. The van der Waals surface area contributed by atoms with Gasteiger partial charge in [-0.05, 0) is 65.7 Å². The molecule has 1 aromatic heterocycles. The highest BCUT2D eigenvalue weighted by atomic mass is 35.5. The van der Waals surface area contributed by atoms with Crippen molar-refractivity contribution in [2.45, 2.75) is 0 Å². The predicted octanol–water partition coefficient (Wildman–Crippen LogP) is 6.94. The van der Waals surface area contributed by atoms with Gasteiger partial charge < -0.3 is 10.3 Å². The minimum atomic E-state index is -0.299. The van der Waals surface area contributed by atoms with Crippen LogP contribution < -0.4 is 5.32 Å². The van der Waals surface area contributed by atoms with Crippen molar-refractivity contribution in [2.75, 3.05) is 5.32 Å². The Labute approximate surface area is 188 Å². The van der Waals surface area contributed by atoms with Gasteiger partial charge in [-0.25, -0.2) is 9.37 Å². The van der Waals surface area contributed by atoms with Gasteiger partial charge in [0.25, 0.3) is 5.91 Å². The molecule has 156 valence electrons. The smallest absolute Gasteiger partial charge is 0.255 e. The Morgan fingerprint density at radius 3 is 2.47 bits per heavy atom. The van der Waals surface area contributed by atoms with Crippen molar-refractivity contribution < 1.29 is 9.18 Å². The second kappa shape index (κ2) is 8.29. The molecule has 0 radical (unpaired) electrons. The summed E-state index contributed by atoms with van der Waals surface area (Å²) in [5, 5.41) is 3.43. The summed E-state index contributed by atoms with van der Waals surface area (Å²) >= 11 is 6.40. The van der Waals surface area contributed by atoms with E-state index in [1.54, 1.807) is 48.5 Å². The molecule has 4 aromatic carbocycles. The maximum atomic E-state index is 13.5. The zero-order chi connectivity index (χ0) is 22.1. The van der Waals surface area contributed by atoms with Crippen LogP contribution in [0.25, 0.3) is 33.5 Å². The van der Waals surface area contributed by atoms with E-state index in [0.717, 1.165) is 22.2 Å². The first-order chi connectivity index (χ1) is 15.6. The van der Waals surface area contributed by atoms with Gasteiger partial charge in [-0.1, -0.05) is 48.0 Å². The maximum Gasteiger partial charge on any atom is 0.255 e. The summed E-state index contributed by atoms with van der Waals surface area (Å²) in [6, 6.07) is 26.3. The molecule has 0 aliphatic rings. The Hall–Kier alpha value is -3.96. The quantitative estimate of drug-likeness (QED) is 0.317. The van der Waals surface area contributed by atoms with Gasteiger partial charge in [-0.3, -0.25) is 4.79 Å². The number of halogens is 2. The monoisotopic (exact) mass is 441 g/mol. The lowest BCUT2D eigenvalue weighted by atomic mass is 10.0. The minimum absolute atomic E-state index is 0.256. The summed E-state index contributed by atoms with van der Waals surface area (Å²) in [5.41, 5.74) is 5.12. The number of carbonyl (C=O) groups is 1. The highest BCUT2D eigenvalue weighted by Gasteiger charge is 2.12. The number of imidazole rings is 1. The van der Waals surface area contributed by atoms with Crippen molar-refractivity contribution >= 4 is 34.2 Å². The number of H-pyrrole nitrogens is 1. The number of aromatic nitrogens is 2. The first-order valence-corrected chi connectivity index (χ1v) is 10.4. The summed E-state index contributed by atoms with van der Waals surface area (Å²) in [7, 11) is 0. The molecule has 1 heterocycles. The van der Waals surface area contributed by atoms with Gasteiger partial charge in [0, 0.05) is 16.8 Å². The van der Waals surface area contributed by atoms with E-state index >= 15 is 0 Å². The van der Waals surface area contributed by atoms with Gasteiger partial charge in [0.1, 0.15) is 11.6 Å². The third-order valence-electron chi connectivity index (χ3n) is 5.17. The molecule has 5 rings (SSSR count). The molecule has 0 atom stereocenters. The number of amides is 1. The van der Waals surface area contributed by atoms with Crippen LogP contribution >= 0.6 is 11.6 Å². The Bertz CT molecular complexity index is 1410. The minimum Gasteiger partial charge on any atom is -0.338 e. The van der Waals surface area contributed by atoms with Gasteiger partial charge in [0.15, 0.2) is 0 Å². The van der Waals surface area contributed by atoms with Crippen molar-refractivity contribution in [2.24, 2.45) is 0 Å². The molecular formula is C26H17ClFN3O. The van der Waals surface area contributed by atoms with Gasteiger partial charge >= 0.3 is 0 Å². The first-order valence-electron chi connectivity index (χ1n) is 9.99. The molecule has 0 spiro atoms. The molecular weight excluding hydrogens is 425 g/mol. The second-order valence-electron chi connectivity index (χ2n) is 7.34. The van der Waals surface area contributed by atoms with Crippen molar-refractivity contribution in [1.82, 2.24) is 9.97 Å². The predicted molar refractivity (Wildman–Crippen MR) is 126 cm³/mol. The van der Waals surface area contributed by atoms with Crippen LogP contribution in [-0.4, -0.2) is 15.9 Å². The van der Waals surface area contributed by atoms with Gasteiger partial charge in [-0.2, -0.15) is 0 Å². The van der Waals surface area contributed by atoms with Crippen molar-refractivity contribution in [3.05, 3.63) is 107 Å². The third-order valence-corrected chi connectivity index (χ3v) is 5.50. The topological polar surface area (TPSA) is 57.8 Å². The second-order valence-corrected chi connectivity index (χ2v) is 7.75. The van der Waals surface area contributed by atoms with Crippen LogP contribution in [-0.2, 0) is 0 Å². The standard InChI is InChI=1S/C26H17ClFN3O/c27-22-13-12-20(15-21(22)25-30-23-6-1-2-7-24(23)31-25)29-26(32)17-10-8-16(9-11-17)18-4-3-5-19(28)14-18/h1-15H,(H,29,32)(H,30,31). The van der Waals surface area contributed by atoms with Crippen LogP contribution in [0.2, 0.25) is 5.02 Å². The van der Waals surface area contributed by atoms with Crippen LogP contribution in [0.3, 0.4) is 0 Å². The summed E-state index contributed by atoms with van der Waals surface area (Å²) in [6.45, 7) is 0. The fourth-order valence-corrected chi connectivity index (χ4v) is 3.76. The van der Waals surface area contributed by atoms with Gasteiger partial charge in [0.05, 0.1) is 16.1 Å². The highest BCUT2D eigenvalue weighted by Crippen LogP contribution is 2.30. The average molecular weight is 442 g/mol. The van der Waals surface area contributed by atoms with Gasteiger partial charge in [-0.15, -0.1) is 0 Å². The summed E-state index contributed by atoms with van der Waals surface area (Å²) in [6.07, 6.45) is 0. The number of hydrogen-bond donors (Lipinski definition) is 2. The molecule has 32 heavy (non-hydrogen) atoms. The number of hydrogen-bond acceptors (Lipinski definition) is 2. The molecule has 0 aliphatic carbocycles. The Balaban J connectivity index is 1.38. The Kier molecular flexibility index (Phi) is 5.17. The third kappa shape index (κ3) is 3.98. The van der Waals surface area contributed by atoms with Crippen LogP contribution in [0, 0.1) is 5.82 Å². The molecule has 6 heteroatoms. The molecule has 0 bridgehead atoms. The zero-order valence-corrected chi connectivity index (χ0v) is 17.5. The Morgan fingerprint density at radius 1 is 0.875 bits per heavy atom. The van der Waals surface area contributed by atoms with Gasteiger partial charge in [0.2, 0.25) is 0 Å². The first kappa shape index (κ1) is 20.0. The number of aromatic amines is 1. The van der Waals surface area contributed by atoms with E-state index in [9.17, 15) is 9.18 Å². The van der Waals surface area contributed by atoms with E-state index in [-0.39, 0.29) is 11.7 Å². The van der Waals surface area contributed by atoms with E-state index < -0.39 is 0 Å². The lowest BCUT2D eigenvalue weighted by Crippen LogP contribution is -2.11. The Morgan fingerprint density at radius 2 is 1.69 bits per heavy atom. The molecule has 4 nitrogen and oxygen atoms in total. The number of nitrogens with zero attached hydrogens (tertiary/aromatic N) is 1. The lowest BCUT2D eigenvalue weighted by molar-refractivity contribution is 0.102. The highest BCUT2D eigenvalue weighted by molar-refractivity contribution is 6.33. The summed E-state index contributed by atoms with van der Waals surface area (Å²) in [4.78, 5) is 20.6. The van der Waals surface area contributed by atoms with Crippen LogP contribution in [0.4, 0.5) is 10.1 Å². The molecule has 2 N–H and O–H groups in total. The number of benzene rings is 4. The molecule has 5 aromatic rings. The van der Waals surface area contributed by atoms with E-state index in [2.05, 4.69) is 15.3 Å².